The lowest BCUT2D eigenvalue weighted by Crippen LogP contribution is -2.06. The summed E-state index contributed by atoms with van der Waals surface area (Å²) in [6.07, 6.45) is 1.03. The zero-order chi connectivity index (χ0) is 15.6. The number of hydrogen-bond acceptors (Lipinski definition) is 4. The van der Waals surface area contributed by atoms with Crippen molar-refractivity contribution in [3.63, 3.8) is 0 Å². The van der Waals surface area contributed by atoms with E-state index in [1.807, 2.05) is 13.8 Å². The van der Waals surface area contributed by atoms with E-state index in [1.165, 1.54) is 0 Å². The molecule has 0 amide bonds. The molecule has 1 heterocycles. The van der Waals surface area contributed by atoms with Gasteiger partial charge in [0.1, 0.15) is 17.0 Å². The van der Waals surface area contributed by atoms with Crippen LogP contribution in [0.1, 0.15) is 24.6 Å². The summed E-state index contributed by atoms with van der Waals surface area (Å²) in [5, 5.41) is 4.86. The molecule has 4 nitrogen and oxygen atoms in total. The Hall–Kier alpha value is -1.68. The SMILES string of the molecule is CCCNc1c(C)c(C)nc2c(OC)cc(Cl)c(OC)c12. The second-order valence-corrected chi connectivity index (χ2v) is 5.35. The molecule has 0 spiro atoms. The lowest BCUT2D eigenvalue weighted by molar-refractivity contribution is 0.410. The number of nitrogens with one attached hydrogen (secondary N) is 1. The number of halogens is 1. The molecule has 1 aromatic heterocycles. The molecule has 2 rings (SSSR count). The number of anilines is 1. The summed E-state index contributed by atoms with van der Waals surface area (Å²) in [6.45, 7) is 7.04. The molecule has 0 unspecified atom stereocenters. The third-order valence-corrected chi connectivity index (χ3v) is 3.88. The molecule has 0 bridgehead atoms. The van der Waals surface area contributed by atoms with E-state index >= 15 is 0 Å². The topological polar surface area (TPSA) is 43.4 Å². The van der Waals surface area contributed by atoms with Gasteiger partial charge in [-0.3, -0.25) is 0 Å². The second-order valence-electron chi connectivity index (χ2n) is 4.94. The number of methoxy groups -OCH3 is 2. The lowest BCUT2D eigenvalue weighted by atomic mass is 10.1. The van der Waals surface area contributed by atoms with Gasteiger partial charge in [-0.15, -0.1) is 0 Å². The molecule has 0 radical (unpaired) electrons. The number of hydrogen-bond donors (Lipinski definition) is 1. The normalized spacial score (nSPS) is 10.8. The molecule has 0 aliphatic heterocycles. The van der Waals surface area contributed by atoms with E-state index in [0.717, 1.165) is 40.8 Å². The van der Waals surface area contributed by atoms with E-state index in [4.69, 9.17) is 21.1 Å². The van der Waals surface area contributed by atoms with Gasteiger partial charge in [-0.25, -0.2) is 4.98 Å². The van der Waals surface area contributed by atoms with Gasteiger partial charge in [0.05, 0.1) is 30.3 Å². The molecule has 114 valence electrons. The Labute approximate surface area is 130 Å². The minimum atomic E-state index is 0.520. The molecule has 0 fully saturated rings. The molecule has 5 heteroatoms. The average Bonchev–Trinajstić information content (AvgIpc) is 2.48. The highest BCUT2D eigenvalue weighted by Crippen LogP contribution is 2.43. The van der Waals surface area contributed by atoms with Crippen molar-refractivity contribution in [2.75, 3.05) is 26.1 Å². The van der Waals surface area contributed by atoms with Gasteiger partial charge in [0, 0.05) is 18.3 Å². The van der Waals surface area contributed by atoms with E-state index < -0.39 is 0 Å². The maximum absolute atomic E-state index is 6.32. The number of aryl methyl sites for hydroxylation is 1. The Kier molecular flexibility index (Phi) is 4.78. The first-order valence-corrected chi connectivity index (χ1v) is 7.38. The predicted molar refractivity (Wildman–Crippen MR) is 88.1 cm³/mol. The fourth-order valence-corrected chi connectivity index (χ4v) is 2.66. The van der Waals surface area contributed by atoms with E-state index in [1.54, 1.807) is 20.3 Å². The first-order valence-electron chi connectivity index (χ1n) is 7.00. The van der Waals surface area contributed by atoms with E-state index in [-0.39, 0.29) is 0 Å². The summed E-state index contributed by atoms with van der Waals surface area (Å²) in [5.74, 6) is 1.28. The van der Waals surface area contributed by atoms with E-state index in [0.29, 0.717) is 16.5 Å². The number of benzene rings is 1. The third kappa shape index (κ3) is 2.72. The Balaban J connectivity index is 2.89. The van der Waals surface area contributed by atoms with Crippen LogP contribution >= 0.6 is 11.6 Å². The van der Waals surface area contributed by atoms with Gasteiger partial charge >= 0.3 is 0 Å². The van der Waals surface area contributed by atoms with Gasteiger partial charge in [-0.2, -0.15) is 0 Å². The van der Waals surface area contributed by atoms with Crippen molar-refractivity contribution in [1.29, 1.82) is 0 Å². The van der Waals surface area contributed by atoms with Crippen LogP contribution < -0.4 is 14.8 Å². The number of aromatic nitrogens is 1. The van der Waals surface area contributed by atoms with Gasteiger partial charge in [0.25, 0.3) is 0 Å². The zero-order valence-corrected chi connectivity index (χ0v) is 13.9. The Morgan fingerprint density at radius 3 is 2.52 bits per heavy atom. The van der Waals surface area contributed by atoms with E-state index in [9.17, 15) is 0 Å². The fraction of sp³-hybridized carbons (Fsp3) is 0.438. The monoisotopic (exact) mass is 308 g/mol. The predicted octanol–water partition coefficient (Wildman–Crippen LogP) is 4.34. The van der Waals surface area contributed by atoms with Gasteiger partial charge in [0.2, 0.25) is 0 Å². The second kappa shape index (κ2) is 6.39. The van der Waals surface area contributed by atoms with Gasteiger partial charge in [0.15, 0.2) is 0 Å². The number of rotatable bonds is 5. The molecular weight excluding hydrogens is 288 g/mol. The van der Waals surface area contributed by atoms with Crippen LogP contribution in [0.3, 0.4) is 0 Å². The number of pyridine rings is 1. The summed E-state index contributed by atoms with van der Waals surface area (Å²) < 4.78 is 10.9. The highest BCUT2D eigenvalue weighted by molar-refractivity contribution is 6.34. The Morgan fingerprint density at radius 1 is 1.24 bits per heavy atom. The van der Waals surface area contributed by atoms with Crippen LogP contribution in [-0.2, 0) is 0 Å². The van der Waals surface area contributed by atoms with Crippen LogP contribution in [0.25, 0.3) is 10.9 Å². The maximum Gasteiger partial charge on any atom is 0.149 e. The van der Waals surface area contributed by atoms with Gasteiger partial charge in [-0.1, -0.05) is 18.5 Å². The number of nitrogens with zero attached hydrogens (tertiary/aromatic N) is 1. The van der Waals surface area contributed by atoms with Crippen molar-refractivity contribution in [2.45, 2.75) is 27.2 Å². The average molecular weight is 309 g/mol. The summed E-state index contributed by atoms with van der Waals surface area (Å²) >= 11 is 6.32. The standard InChI is InChI=1S/C16H21ClN2O2/c1-6-7-18-14-9(2)10(3)19-15-12(20-4)8-11(17)16(21-5)13(14)15/h8H,6-7H2,1-5H3,(H,18,19). The maximum atomic E-state index is 6.32. The fourth-order valence-electron chi connectivity index (χ4n) is 2.39. The molecule has 0 saturated carbocycles. The number of fused-ring (bicyclic) bond motifs is 1. The quantitative estimate of drug-likeness (QED) is 0.892. The molecule has 2 aromatic rings. The molecule has 0 atom stereocenters. The van der Waals surface area contributed by atoms with Crippen LogP contribution in [0.5, 0.6) is 11.5 Å². The highest BCUT2D eigenvalue weighted by atomic mass is 35.5. The third-order valence-electron chi connectivity index (χ3n) is 3.60. The van der Waals surface area contributed by atoms with E-state index in [2.05, 4.69) is 17.2 Å². The Morgan fingerprint density at radius 2 is 1.95 bits per heavy atom. The smallest absolute Gasteiger partial charge is 0.149 e. The van der Waals surface area contributed by atoms with Crippen molar-refractivity contribution in [3.8, 4) is 11.5 Å². The molecule has 0 saturated heterocycles. The van der Waals surface area contributed by atoms with Crippen LogP contribution in [0.2, 0.25) is 5.02 Å². The number of ether oxygens (including phenoxy) is 2. The molecule has 1 N–H and O–H groups in total. The van der Waals surface area contributed by atoms with Crippen molar-refractivity contribution in [1.82, 2.24) is 4.98 Å². The van der Waals surface area contributed by atoms with Crippen LogP contribution in [0, 0.1) is 13.8 Å². The zero-order valence-electron chi connectivity index (χ0n) is 13.1. The van der Waals surface area contributed by atoms with Crippen molar-refractivity contribution < 1.29 is 9.47 Å². The summed E-state index contributed by atoms with van der Waals surface area (Å²) in [6, 6.07) is 1.74. The first-order chi connectivity index (χ1) is 10.0. The summed E-state index contributed by atoms with van der Waals surface area (Å²) in [7, 11) is 3.24. The van der Waals surface area contributed by atoms with Crippen LogP contribution in [-0.4, -0.2) is 25.7 Å². The summed E-state index contributed by atoms with van der Waals surface area (Å²) in [4.78, 5) is 4.66. The minimum absolute atomic E-state index is 0.520. The lowest BCUT2D eigenvalue weighted by Gasteiger charge is -2.18. The van der Waals surface area contributed by atoms with Gasteiger partial charge < -0.3 is 14.8 Å². The van der Waals surface area contributed by atoms with Crippen molar-refractivity contribution in [2.24, 2.45) is 0 Å². The molecule has 0 aliphatic carbocycles. The van der Waals surface area contributed by atoms with Crippen LogP contribution in [0.4, 0.5) is 5.69 Å². The van der Waals surface area contributed by atoms with Crippen molar-refractivity contribution in [3.05, 3.63) is 22.3 Å². The summed E-state index contributed by atoms with van der Waals surface area (Å²) in [5.41, 5.74) is 3.83. The molecule has 1 aromatic carbocycles. The Bertz CT molecular complexity index is 671. The first kappa shape index (κ1) is 15.7. The largest absolute Gasteiger partial charge is 0.494 e. The van der Waals surface area contributed by atoms with Crippen molar-refractivity contribution >= 4 is 28.2 Å². The van der Waals surface area contributed by atoms with Gasteiger partial charge in [-0.05, 0) is 25.8 Å². The molecule has 0 aliphatic rings. The minimum Gasteiger partial charge on any atom is -0.494 e. The molecule has 21 heavy (non-hydrogen) atoms. The molecular formula is C16H21ClN2O2. The van der Waals surface area contributed by atoms with Crippen LogP contribution in [0.15, 0.2) is 6.07 Å². The highest BCUT2D eigenvalue weighted by Gasteiger charge is 2.19.